The van der Waals surface area contributed by atoms with Crippen LogP contribution in [0, 0.1) is 0 Å². The fraction of sp³-hybridized carbons (Fsp3) is 0.176. The van der Waals surface area contributed by atoms with Gasteiger partial charge in [-0.2, -0.15) is 0 Å². The molecule has 7 nitrogen and oxygen atoms in total. The summed E-state index contributed by atoms with van der Waals surface area (Å²) in [5, 5.41) is 18.1. The van der Waals surface area contributed by atoms with Crippen molar-refractivity contribution in [3.63, 3.8) is 0 Å². The highest BCUT2D eigenvalue weighted by atomic mass is 35.5. The zero-order valence-electron chi connectivity index (χ0n) is 13.6. The number of aryl methyl sites for hydroxylation is 1. The predicted octanol–water partition coefficient (Wildman–Crippen LogP) is 3.68. The van der Waals surface area contributed by atoms with Crippen molar-refractivity contribution in [2.45, 2.75) is 24.2 Å². The molecule has 27 heavy (non-hydrogen) atoms. The summed E-state index contributed by atoms with van der Waals surface area (Å²) in [5.41, 5.74) is 0.665. The topological polar surface area (TPSA) is 121 Å². The average Bonchev–Trinajstić information content (AvgIpc) is 3.04. The van der Waals surface area contributed by atoms with Crippen LogP contribution in [0.5, 0.6) is 0 Å². The van der Waals surface area contributed by atoms with Crippen LogP contribution in [0.25, 0.3) is 0 Å². The Kier molecular flexibility index (Phi) is 5.07. The molecule has 2 aromatic rings. The molecule has 0 radical (unpaired) electrons. The number of rotatable bonds is 5. The average molecular weight is 430 g/mol. The molecule has 0 fully saturated rings. The lowest BCUT2D eigenvalue weighted by atomic mass is 10.1. The molecular weight excluding hydrogens is 417 g/mol. The number of anilines is 1. The van der Waals surface area contributed by atoms with Gasteiger partial charge >= 0.3 is 11.9 Å². The lowest BCUT2D eigenvalue weighted by Crippen LogP contribution is -2.17. The van der Waals surface area contributed by atoms with E-state index in [0.717, 1.165) is 18.6 Å². The third-order valence-corrected chi connectivity index (χ3v) is 6.47. The number of hydrogen-bond donors (Lipinski definition) is 3. The molecule has 0 spiro atoms. The molecule has 2 aromatic carbocycles. The van der Waals surface area contributed by atoms with Crippen LogP contribution in [0.2, 0.25) is 10.0 Å². The molecule has 0 amide bonds. The van der Waals surface area contributed by atoms with Gasteiger partial charge in [0.1, 0.15) is 0 Å². The molecule has 0 saturated carbocycles. The van der Waals surface area contributed by atoms with E-state index in [2.05, 4.69) is 4.72 Å². The molecule has 1 aliphatic rings. The number of hydrogen-bond acceptors (Lipinski definition) is 4. The Hall–Kier alpha value is -2.29. The number of halogens is 2. The number of nitrogens with one attached hydrogen (secondary N) is 1. The summed E-state index contributed by atoms with van der Waals surface area (Å²) < 4.78 is 28.0. The van der Waals surface area contributed by atoms with Gasteiger partial charge in [0.05, 0.1) is 31.8 Å². The minimum Gasteiger partial charge on any atom is -0.478 e. The van der Waals surface area contributed by atoms with Crippen molar-refractivity contribution < 1.29 is 28.2 Å². The molecule has 0 bridgehead atoms. The summed E-state index contributed by atoms with van der Waals surface area (Å²) in [7, 11) is -4.17. The largest absolute Gasteiger partial charge is 0.478 e. The van der Waals surface area contributed by atoms with Crippen LogP contribution >= 0.6 is 23.2 Å². The highest BCUT2D eigenvalue weighted by Gasteiger charge is 2.27. The third-order valence-electron chi connectivity index (χ3n) is 4.22. The van der Waals surface area contributed by atoms with Gasteiger partial charge in [0.15, 0.2) is 0 Å². The van der Waals surface area contributed by atoms with E-state index in [1.807, 2.05) is 0 Å². The molecule has 0 atom stereocenters. The Balaban J connectivity index is 2.09. The second-order valence-corrected chi connectivity index (χ2v) is 8.44. The number of carboxylic acids is 2. The Morgan fingerprint density at radius 3 is 2.33 bits per heavy atom. The Bertz CT molecular complexity index is 1080. The molecule has 0 aromatic heterocycles. The van der Waals surface area contributed by atoms with E-state index >= 15 is 0 Å². The first-order valence-electron chi connectivity index (χ1n) is 7.74. The predicted molar refractivity (Wildman–Crippen MR) is 99.7 cm³/mol. The van der Waals surface area contributed by atoms with Crippen LogP contribution < -0.4 is 4.72 Å². The van der Waals surface area contributed by atoms with Crippen molar-refractivity contribution in [3.05, 3.63) is 56.6 Å². The van der Waals surface area contributed by atoms with Gasteiger partial charge in [-0.3, -0.25) is 4.72 Å². The van der Waals surface area contributed by atoms with Crippen LogP contribution in [0.4, 0.5) is 5.69 Å². The van der Waals surface area contributed by atoms with Crippen LogP contribution in [0.15, 0.2) is 29.2 Å². The summed E-state index contributed by atoms with van der Waals surface area (Å²) in [6.45, 7) is 0. The molecule has 0 aliphatic heterocycles. The number of carbonyl (C=O) groups is 2. The van der Waals surface area contributed by atoms with Gasteiger partial charge < -0.3 is 10.2 Å². The maximum atomic E-state index is 12.9. The summed E-state index contributed by atoms with van der Waals surface area (Å²) in [6.07, 6.45) is 1.82. The molecule has 3 N–H and O–H groups in total. The maximum absolute atomic E-state index is 12.9. The fourth-order valence-electron chi connectivity index (χ4n) is 3.04. The Labute approximate surface area is 164 Å². The number of fused-ring (bicyclic) bond motifs is 1. The quantitative estimate of drug-likeness (QED) is 0.666. The van der Waals surface area contributed by atoms with Crippen LogP contribution in [-0.2, 0) is 22.9 Å². The zero-order chi connectivity index (χ0) is 19.9. The first-order chi connectivity index (χ1) is 12.6. The first kappa shape index (κ1) is 19.5. The van der Waals surface area contributed by atoms with E-state index in [4.69, 9.17) is 28.3 Å². The zero-order valence-corrected chi connectivity index (χ0v) is 16.0. The summed E-state index contributed by atoms with van der Waals surface area (Å²) >= 11 is 11.7. The minimum absolute atomic E-state index is 0.0886. The number of benzene rings is 2. The van der Waals surface area contributed by atoms with Crippen LogP contribution in [0.1, 0.15) is 38.3 Å². The Morgan fingerprint density at radius 2 is 1.70 bits per heavy atom. The van der Waals surface area contributed by atoms with Crippen LogP contribution in [0.3, 0.4) is 0 Å². The molecule has 0 unspecified atom stereocenters. The standard InChI is InChI=1S/C17H13Cl2NO6S/c18-13-7-10(6-12(15(13)19)17(23)24)20-27(25,26)14-5-9(16(21)22)4-8-2-1-3-11(8)14/h4-7,20H,1-3H2,(H,21,22)(H,23,24). The van der Waals surface area contributed by atoms with Crippen molar-refractivity contribution in [2.24, 2.45) is 0 Å². The molecule has 10 heteroatoms. The lowest BCUT2D eigenvalue weighted by Gasteiger charge is -2.14. The van der Waals surface area contributed by atoms with Gasteiger partial charge in [-0.1, -0.05) is 23.2 Å². The maximum Gasteiger partial charge on any atom is 0.337 e. The third kappa shape index (κ3) is 3.73. The minimum atomic E-state index is -4.17. The van der Waals surface area contributed by atoms with Gasteiger partial charge in [-0.25, -0.2) is 18.0 Å². The molecule has 142 valence electrons. The van der Waals surface area contributed by atoms with Gasteiger partial charge in [0, 0.05) is 0 Å². The monoisotopic (exact) mass is 429 g/mol. The number of sulfonamides is 1. The van der Waals surface area contributed by atoms with Crippen LogP contribution in [-0.4, -0.2) is 30.6 Å². The van der Waals surface area contributed by atoms with E-state index in [9.17, 15) is 23.1 Å². The van der Waals surface area contributed by atoms with Gasteiger partial charge in [-0.15, -0.1) is 0 Å². The number of aromatic carboxylic acids is 2. The second kappa shape index (κ2) is 7.03. The highest BCUT2D eigenvalue weighted by molar-refractivity contribution is 7.92. The molecule has 3 rings (SSSR count). The summed E-state index contributed by atoms with van der Waals surface area (Å²) in [4.78, 5) is 22.4. The van der Waals surface area contributed by atoms with Crippen molar-refractivity contribution in [2.75, 3.05) is 4.72 Å². The molecule has 0 heterocycles. The van der Waals surface area contributed by atoms with E-state index < -0.39 is 22.0 Å². The Morgan fingerprint density at radius 1 is 1.00 bits per heavy atom. The van der Waals surface area contributed by atoms with E-state index in [1.54, 1.807) is 0 Å². The normalized spacial score (nSPS) is 13.3. The van der Waals surface area contributed by atoms with Gasteiger partial charge in [0.25, 0.3) is 10.0 Å². The summed E-state index contributed by atoms with van der Waals surface area (Å²) in [5.74, 6) is -2.60. The van der Waals surface area contributed by atoms with E-state index in [-0.39, 0.29) is 31.8 Å². The summed E-state index contributed by atoms with van der Waals surface area (Å²) in [6, 6.07) is 4.82. The fourth-order valence-corrected chi connectivity index (χ4v) is 4.83. The highest BCUT2D eigenvalue weighted by Crippen LogP contribution is 2.34. The van der Waals surface area contributed by atoms with E-state index in [0.29, 0.717) is 24.0 Å². The smallest absolute Gasteiger partial charge is 0.337 e. The van der Waals surface area contributed by atoms with Crippen molar-refractivity contribution >= 4 is 50.9 Å². The molecular formula is C17H13Cl2NO6S. The van der Waals surface area contributed by atoms with E-state index in [1.165, 1.54) is 12.1 Å². The van der Waals surface area contributed by atoms with Gasteiger partial charge in [0.2, 0.25) is 0 Å². The van der Waals surface area contributed by atoms with Gasteiger partial charge in [-0.05, 0) is 54.7 Å². The first-order valence-corrected chi connectivity index (χ1v) is 9.98. The lowest BCUT2D eigenvalue weighted by molar-refractivity contribution is 0.0686. The second-order valence-electron chi connectivity index (χ2n) is 6.00. The molecule has 0 saturated heterocycles. The number of carboxylic acid groups (broad SMARTS) is 2. The van der Waals surface area contributed by atoms with Crippen molar-refractivity contribution in [3.8, 4) is 0 Å². The SMILES string of the molecule is O=C(O)c1cc2c(c(S(=O)(=O)Nc3cc(Cl)c(Cl)c(C(=O)O)c3)c1)CCC2. The molecule has 1 aliphatic carbocycles. The van der Waals surface area contributed by atoms with Crippen molar-refractivity contribution in [1.29, 1.82) is 0 Å². The van der Waals surface area contributed by atoms with Crippen molar-refractivity contribution in [1.82, 2.24) is 0 Å².